The smallest absolute Gasteiger partial charge is 0.117 e. The van der Waals surface area contributed by atoms with Crippen LogP contribution in [0.1, 0.15) is 23.7 Å². The molecule has 3 aromatic rings. The van der Waals surface area contributed by atoms with E-state index in [-0.39, 0.29) is 6.04 Å². The Morgan fingerprint density at radius 3 is 3.00 bits per heavy atom. The summed E-state index contributed by atoms with van der Waals surface area (Å²) in [7, 11) is 0. The Hall–Kier alpha value is -1.39. The first-order valence-electron chi connectivity index (χ1n) is 5.72. The molecule has 3 rings (SSSR count). The van der Waals surface area contributed by atoms with E-state index in [4.69, 9.17) is 11.6 Å². The Morgan fingerprint density at radius 1 is 1.39 bits per heavy atom. The van der Waals surface area contributed by atoms with Crippen LogP contribution in [0.2, 0.25) is 0 Å². The fourth-order valence-electron chi connectivity index (χ4n) is 1.98. The van der Waals surface area contributed by atoms with Crippen molar-refractivity contribution in [3.8, 4) is 0 Å². The number of alkyl halides is 1. The van der Waals surface area contributed by atoms with E-state index in [1.165, 1.54) is 0 Å². The summed E-state index contributed by atoms with van der Waals surface area (Å²) in [4.78, 5) is 4.52. The molecule has 0 saturated heterocycles. The van der Waals surface area contributed by atoms with Gasteiger partial charge >= 0.3 is 0 Å². The van der Waals surface area contributed by atoms with E-state index in [1.54, 1.807) is 11.3 Å². The second-order valence-electron chi connectivity index (χ2n) is 4.13. The van der Waals surface area contributed by atoms with Crippen molar-refractivity contribution in [2.75, 3.05) is 0 Å². The van der Waals surface area contributed by atoms with Gasteiger partial charge < -0.3 is 0 Å². The molecule has 92 valence electrons. The highest BCUT2D eigenvalue weighted by Crippen LogP contribution is 2.25. The summed E-state index contributed by atoms with van der Waals surface area (Å²) < 4.78 is 2.01. The summed E-state index contributed by atoms with van der Waals surface area (Å²) >= 11 is 7.42. The normalized spacial score (nSPS) is 13.0. The van der Waals surface area contributed by atoms with Crippen molar-refractivity contribution in [1.82, 2.24) is 14.8 Å². The number of hydrogen-bond acceptors (Lipinski definition) is 3. The van der Waals surface area contributed by atoms with E-state index in [1.807, 2.05) is 28.4 Å². The molecule has 0 aliphatic heterocycles. The van der Waals surface area contributed by atoms with Crippen LogP contribution < -0.4 is 0 Å². The first-order chi connectivity index (χ1) is 8.79. The zero-order chi connectivity index (χ0) is 12.5. The lowest BCUT2D eigenvalue weighted by Gasteiger charge is -2.10. The zero-order valence-electron chi connectivity index (χ0n) is 9.88. The lowest BCUT2D eigenvalue weighted by molar-refractivity contribution is 0.580. The number of benzene rings is 1. The monoisotopic (exact) mass is 277 g/mol. The third kappa shape index (κ3) is 1.91. The van der Waals surface area contributed by atoms with E-state index in [0.29, 0.717) is 5.88 Å². The molecule has 0 amide bonds. The Bertz CT molecular complexity index is 673. The average Bonchev–Trinajstić information content (AvgIpc) is 3.04. The van der Waals surface area contributed by atoms with Gasteiger partial charge in [0.05, 0.1) is 23.3 Å². The zero-order valence-corrected chi connectivity index (χ0v) is 11.4. The molecule has 0 aliphatic carbocycles. The van der Waals surface area contributed by atoms with Crippen molar-refractivity contribution in [3.05, 3.63) is 46.5 Å². The minimum atomic E-state index is 0.131. The lowest BCUT2D eigenvalue weighted by atomic mass is 10.2. The van der Waals surface area contributed by atoms with Crippen LogP contribution in [-0.4, -0.2) is 14.8 Å². The van der Waals surface area contributed by atoms with E-state index >= 15 is 0 Å². The average molecular weight is 278 g/mol. The Balaban J connectivity index is 2.03. The Labute approximate surface area is 114 Å². The van der Waals surface area contributed by atoms with E-state index in [2.05, 4.69) is 29.1 Å². The van der Waals surface area contributed by atoms with Crippen LogP contribution in [0.4, 0.5) is 0 Å². The van der Waals surface area contributed by atoms with Gasteiger partial charge in [-0.2, -0.15) is 5.10 Å². The number of fused-ring (bicyclic) bond motifs is 1. The largest absolute Gasteiger partial charge is 0.255 e. The first kappa shape index (κ1) is 11.7. The maximum Gasteiger partial charge on any atom is 0.117 e. The molecule has 18 heavy (non-hydrogen) atoms. The number of aromatic nitrogens is 3. The fraction of sp³-hybridized carbons (Fsp3) is 0.231. The quantitative estimate of drug-likeness (QED) is 0.681. The van der Waals surface area contributed by atoms with E-state index in [9.17, 15) is 0 Å². The Morgan fingerprint density at radius 2 is 2.22 bits per heavy atom. The molecule has 0 saturated carbocycles. The molecule has 0 bridgehead atoms. The van der Waals surface area contributed by atoms with Crippen molar-refractivity contribution < 1.29 is 0 Å². The lowest BCUT2D eigenvalue weighted by Crippen LogP contribution is -2.07. The fourth-order valence-corrected chi connectivity index (χ4v) is 3.07. The number of nitrogens with zero attached hydrogens (tertiary/aromatic N) is 3. The maximum atomic E-state index is 5.79. The summed E-state index contributed by atoms with van der Waals surface area (Å²) in [6.07, 6.45) is 1.89. The molecule has 5 heteroatoms. The van der Waals surface area contributed by atoms with Crippen molar-refractivity contribution in [2.24, 2.45) is 0 Å². The molecule has 3 nitrogen and oxygen atoms in total. The van der Waals surface area contributed by atoms with Crippen molar-refractivity contribution in [3.63, 3.8) is 0 Å². The summed E-state index contributed by atoms with van der Waals surface area (Å²) in [6.45, 7) is 2.11. The predicted octanol–water partition coefficient (Wildman–Crippen LogP) is 3.84. The van der Waals surface area contributed by atoms with Crippen LogP contribution in [0.25, 0.3) is 10.9 Å². The summed E-state index contributed by atoms with van der Waals surface area (Å²) in [5.74, 6) is 0.461. The number of thiazole rings is 1. The van der Waals surface area contributed by atoms with Gasteiger partial charge in [0.15, 0.2) is 0 Å². The number of hydrogen-bond donors (Lipinski definition) is 0. The van der Waals surface area contributed by atoms with Crippen molar-refractivity contribution >= 4 is 33.8 Å². The number of para-hydroxylation sites is 1. The van der Waals surface area contributed by atoms with Gasteiger partial charge in [-0.15, -0.1) is 22.9 Å². The van der Waals surface area contributed by atoms with Gasteiger partial charge in [0.2, 0.25) is 0 Å². The van der Waals surface area contributed by atoms with E-state index in [0.717, 1.165) is 21.6 Å². The number of halogens is 1. The molecule has 2 heterocycles. The highest BCUT2D eigenvalue weighted by atomic mass is 35.5. The molecule has 0 spiro atoms. The molecule has 0 aliphatic rings. The van der Waals surface area contributed by atoms with Gasteiger partial charge in [-0.1, -0.05) is 18.2 Å². The van der Waals surface area contributed by atoms with E-state index < -0.39 is 0 Å². The topological polar surface area (TPSA) is 30.7 Å². The van der Waals surface area contributed by atoms with Crippen LogP contribution in [0.5, 0.6) is 0 Å². The molecule has 2 aromatic heterocycles. The standard InChI is InChI=1S/C13H12ClN3S/c1-9(13-16-11(6-14)8-18-13)17-12-5-3-2-4-10(12)7-15-17/h2-5,7-9H,6H2,1H3. The minimum absolute atomic E-state index is 0.131. The summed E-state index contributed by atoms with van der Waals surface area (Å²) in [6, 6.07) is 8.33. The second-order valence-corrected chi connectivity index (χ2v) is 5.29. The van der Waals surface area contributed by atoms with Gasteiger partial charge in [0.25, 0.3) is 0 Å². The first-order valence-corrected chi connectivity index (χ1v) is 7.13. The van der Waals surface area contributed by atoms with Gasteiger partial charge in [0.1, 0.15) is 11.0 Å². The third-order valence-corrected chi connectivity index (χ3v) is 4.27. The number of rotatable bonds is 3. The van der Waals surface area contributed by atoms with Crippen molar-refractivity contribution in [2.45, 2.75) is 18.8 Å². The minimum Gasteiger partial charge on any atom is -0.255 e. The maximum absolute atomic E-state index is 5.79. The van der Waals surface area contributed by atoms with Gasteiger partial charge in [-0.05, 0) is 13.0 Å². The van der Waals surface area contributed by atoms with Gasteiger partial charge in [-0.25, -0.2) is 4.98 Å². The SMILES string of the molecule is CC(c1nc(CCl)cs1)n1ncc2ccccc21. The molecule has 1 unspecified atom stereocenters. The van der Waals surface area contributed by atoms with Gasteiger partial charge in [0, 0.05) is 10.8 Å². The molecular formula is C13H12ClN3S. The highest BCUT2D eigenvalue weighted by Gasteiger charge is 2.15. The molecule has 1 aromatic carbocycles. The molecular weight excluding hydrogens is 266 g/mol. The van der Waals surface area contributed by atoms with Gasteiger partial charge in [-0.3, -0.25) is 4.68 Å². The predicted molar refractivity (Wildman–Crippen MR) is 75.2 cm³/mol. The molecule has 0 fully saturated rings. The molecule has 1 atom stereocenters. The van der Waals surface area contributed by atoms with Crippen LogP contribution in [-0.2, 0) is 5.88 Å². The van der Waals surface area contributed by atoms with Crippen LogP contribution in [0, 0.1) is 0 Å². The van der Waals surface area contributed by atoms with Crippen molar-refractivity contribution in [1.29, 1.82) is 0 Å². The molecule has 0 radical (unpaired) electrons. The Kier molecular flexibility index (Phi) is 3.06. The third-order valence-electron chi connectivity index (χ3n) is 2.94. The highest BCUT2D eigenvalue weighted by molar-refractivity contribution is 7.09. The van der Waals surface area contributed by atoms with Crippen LogP contribution >= 0.6 is 22.9 Å². The van der Waals surface area contributed by atoms with Crippen LogP contribution in [0.15, 0.2) is 35.8 Å². The second kappa shape index (κ2) is 4.71. The summed E-state index contributed by atoms with van der Waals surface area (Å²) in [5.41, 5.74) is 2.06. The molecule has 0 N–H and O–H groups in total. The summed E-state index contributed by atoms with van der Waals surface area (Å²) in [5, 5.41) is 8.65. The van der Waals surface area contributed by atoms with Crippen LogP contribution in [0.3, 0.4) is 0 Å².